The Labute approximate surface area is 142 Å². The van der Waals surface area contributed by atoms with Crippen molar-refractivity contribution >= 4 is 17.5 Å². The predicted molar refractivity (Wildman–Crippen MR) is 83.4 cm³/mol. The van der Waals surface area contributed by atoms with Crippen molar-refractivity contribution in [1.29, 1.82) is 0 Å². The lowest BCUT2D eigenvalue weighted by Gasteiger charge is -2.40. The number of aliphatic carboxylic acids is 1. The van der Waals surface area contributed by atoms with Crippen molar-refractivity contribution < 1.29 is 23.1 Å². The van der Waals surface area contributed by atoms with Crippen LogP contribution in [0.15, 0.2) is 6.07 Å². The van der Waals surface area contributed by atoms with E-state index in [1.54, 1.807) is 4.90 Å². The molecule has 0 bridgehead atoms. The van der Waals surface area contributed by atoms with E-state index in [2.05, 4.69) is 10.2 Å². The van der Waals surface area contributed by atoms with Gasteiger partial charge in [0.15, 0.2) is 11.5 Å². The Morgan fingerprint density at radius 3 is 2.48 bits per heavy atom. The lowest BCUT2D eigenvalue weighted by atomic mass is 10.1. The minimum Gasteiger partial charge on any atom is -0.481 e. The zero-order valence-corrected chi connectivity index (χ0v) is 13.7. The van der Waals surface area contributed by atoms with E-state index in [1.165, 1.54) is 6.07 Å². The Hall–Kier alpha value is -2.06. The maximum Gasteiger partial charge on any atom is 0.437 e. The second-order valence-electron chi connectivity index (χ2n) is 7.26. The Bertz CT molecular complexity index is 699. The molecule has 6 nitrogen and oxygen atoms in total. The fraction of sp³-hybridized carbons (Fsp3) is 0.688. The second-order valence-corrected chi connectivity index (χ2v) is 7.26. The summed E-state index contributed by atoms with van der Waals surface area (Å²) >= 11 is 0. The van der Waals surface area contributed by atoms with Crippen LogP contribution < -0.4 is 9.80 Å². The molecule has 1 N–H and O–H groups in total. The molecule has 0 amide bonds. The SMILES string of the molecule is C[C@H]1CCN1c1cc(N2C[C@@H]3C(CC(=O)O)[C@@H]3C2)c(C(F)(F)F)nn1. The van der Waals surface area contributed by atoms with Crippen molar-refractivity contribution in [3.05, 3.63) is 11.8 Å². The highest BCUT2D eigenvalue weighted by atomic mass is 19.4. The standard InChI is InChI=1S/C16H19F3N4O2/c1-8-2-3-23(8)13-5-12(15(21-20-13)16(17,18)19)22-6-10-9(4-14(24)25)11(10)7-22/h5,8-11H,2-4,6-7H2,1H3,(H,24,25)/t8-,9?,10-,11+/m0/s1. The maximum atomic E-state index is 13.3. The summed E-state index contributed by atoms with van der Waals surface area (Å²) in [5, 5.41) is 16.2. The summed E-state index contributed by atoms with van der Waals surface area (Å²) in [6, 6.07) is 1.74. The van der Waals surface area contributed by atoms with Crippen LogP contribution in [0.1, 0.15) is 25.5 Å². The molecule has 25 heavy (non-hydrogen) atoms. The predicted octanol–water partition coefficient (Wildman–Crippen LogP) is 2.25. The maximum absolute atomic E-state index is 13.3. The molecular formula is C16H19F3N4O2. The van der Waals surface area contributed by atoms with E-state index in [0.717, 1.165) is 13.0 Å². The molecule has 0 aromatic carbocycles. The number of carbonyl (C=O) groups is 1. The largest absolute Gasteiger partial charge is 0.481 e. The molecule has 1 aromatic rings. The zero-order valence-electron chi connectivity index (χ0n) is 13.7. The molecule has 9 heteroatoms. The molecule has 4 rings (SSSR count). The molecule has 3 aliphatic rings. The summed E-state index contributed by atoms with van der Waals surface area (Å²) in [6.07, 6.45) is -3.47. The van der Waals surface area contributed by atoms with Crippen LogP contribution in [-0.2, 0) is 11.0 Å². The van der Waals surface area contributed by atoms with Gasteiger partial charge < -0.3 is 14.9 Å². The Kier molecular flexibility index (Phi) is 3.59. The minimum absolute atomic E-state index is 0.0675. The summed E-state index contributed by atoms with van der Waals surface area (Å²) in [7, 11) is 0. The first kappa shape index (κ1) is 16.4. The fourth-order valence-corrected chi connectivity index (χ4v) is 4.16. The summed E-state index contributed by atoms with van der Waals surface area (Å²) in [5.74, 6) is 0.0483. The van der Waals surface area contributed by atoms with Crippen molar-refractivity contribution in [3.8, 4) is 0 Å². The van der Waals surface area contributed by atoms with Crippen LogP contribution in [0, 0.1) is 17.8 Å². The van der Waals surface area contributed by atoms with Crippen molar-refractivity contribution in [3.63, 3.8) is 0 Å². The number of piperidine rings is 1. The molecule has 2 aliphatic heterocycles. The number of hydrogen-bond donors (Lipinski definition) is 1. The first-order valence-electron chi connectivity index (χ1n) is 8.44. The van der Waals surface area contributed by atoms with Crippen molar-refractivity contribution in [1.82, 2.24) is 10.2 Å². The van der Waals surface area contributed by atoms with E-state index in [-0.39, 0.29) is 35.9 Å². The number of hydrogen-bond acceptors (Lipinski definition) is 5. The Morgan fingerprint density at radius 1 is 1.32 bits per heavy atom. The number of carboxylic acid groups (broad SMARTS) is 1. The number of carboxylic acids is 1. The van der Waals surface area contributed by atoms with Gasteiger partial charge in [-0.2, -0.15) is 13.2 Å². The van der Waals surface area contributed by atoms with E-state index in [9.17, 15) is 18.0 Å². The number of rotatable bonds is 4. The van der Waals surface area contributed by atoms with Crippen LogP contribution in [0.25, 0.3) is 0 Å². The lowest BCUT2D eigenvalue weighted by molar-refractivity contribution is -0.141. The van der Waals surface area contributed by atoms with Gasteiger partial charge in [-0.3, -0.25) is 4.79 Å². The van der Waals surface area contributed by atoms with E-state index in [1.807, 2.05) is 11.8 Å². The van der Waals surface area contributed by atoms with Crippen LogP contribution in [0.3, 0.4) is 0 Å². The van der Waals surface area contributed by atoms with Crippen molar-refractivity contribution in [2.45, 2.75) is 32.0 Å². The normalized spacial score (nSPS) is 30.9. The molecule has 2 saturated heterocycles. The molecular weight excluding hydrogens is 337 g/mol. The third-order valence-corrected chi connectivity index (χ3v) is 5.77. The van der Waals surface area contributed by atoms with Gasteiger partial charge in [0.05, 0.1) is 5.69 Å². The molecule has 136 valence electrons. The van der Waals surface area contributed by atoms with Crippen LogP contribution >= 0.6 is 0 Å². The smallest absolute Gasteiger partial charge is 0.437 e. The van der Waals surface area contributed by atoms with Gasteiger partial charge in [-0.05, 0) is 31.1 Å². The Morgan fingerprint density at radius 2 is 2.00 bits per heavy atom. The number of anilines is 2. The highest BCUT2D eigenvalue weighted by Gasteiger charge is 2.57. The summed E-state index contributed by atoms with van der Waals surface area (Å²) in [4.78, 5) is 14.5. The molecule has 0 spiro atoms. The number of alkyl halides is 3. The molecule has 1 unspecified atom stereocenters. The van der Waals surface area contributed by atoms with Crippen molar-refractivity contribution in [2.75, 3.05) is 29.4 Å². The van der Waals surface area contributed by atoms with Gasteiger partial charge in [-0.15, -0.1) is 10.2 Å². The lowest BCUT2D eigenvalue weighted by Crippen LogP contribution is -2.46. The molecule has 3 heterocycles. The molecule has 4 atom stereocenters. The summed E-state index contributed by atoms with van der Waals surface area (Å²) < 4.78 is 40.0. The molecule has 1 aliphatic carbocycles. The molecule has 3 fully saturated rings. The van der Waals surface area contributed by atoms with Gasteiger partial charge in [0, 0.05) is 38.2 Å². The van der Waals surface area contributed by atoms with Crippen LogP contribution in [0.4, 0.5) is 24.7 Å². The van der Waals surface area contributed by atoms with Gasteiger partial charge >= 0.3 is 12.1 Å². The average molecular weight is 356 g/mol. The number of halogens is 3. The quantitative estimate of drug-likeness (QED) is 0.892. The Balaban J connectivity index is 1.58. The minimum atomic E-state index is -4.56. The van der Waals surface area contributed by atoms with Crippen LogP contribution in [0.5, 0.6) is 0 Å². The van der Waals surface area contributed by atoms with E-state index < -0.39 is 17.8 Å². The molecule has 1 saturated carbocycles. The fourth-order valence-electron chi connectivity index (χ4n) is 4.16. The van der Waals surface area contributed by atoms with E-state index >= 15 is 0 Å². The number of aromatic nitrogens is 2. The number of nitrogens with zero attached hydrogens (tertiary/aromatic N) is 4. The third-order valence-electron chi connectivity index (χ3n) is 5.77. The molecule has 0 radical (unpaired) electrons. The van der Waals surface area contributed by atoms with Gasteiger partial charge in [0.25, 0.3) is 0 Å². The number of fused-ring (bicyclic) bond motifs is 1. The second kappa shape index (κ2) is 5.47. The van der Waals surface area contributed by atoms with Crippen LogP contribution in [-0.4, -0.2) is 46.9 Å². The first-order valence-corrected chi connectivity index (χ1v) is 8.44. The highest BCUT2D eigenvalue weighted by molar-refractivity contribution is 5.68. The molecule has 1 aromatic heterocycles. The summed E-state index contributed by atoms with van der Waals surface area (Å²) in [5.41, 5.74) is -0.890. The van der Waals surface area contributed by atoms with Gasteiger partial charge in [-0.25, -0.2) is 0 Å². The van der Waals surface area contributed by atoms with Crippen LogP contribution in [0.2, 0.25) is 0 Å². The third kappa shape index (κ3) is 2.79. The van der Waals surface area contributed by atoms with E-state index in [4.69, 9.17) is 5.11 Å². The van der Waals surface area contributed by atoms with Crippen molar-refractivity contribution in [2.24, 2.45) is 17.8 Å². The highest BCUT2D eigenvalue weighted by Crippen LogP contribution is 2.55. The summed E-state index contributed by atoms with van der Waals surface area (Å²) in [6.45, 7) is 3.68. The monoisotopic (exact) mass is 356 g/mol. The van der Waals surface area contributed by atoms with Gasteiger partial charge in [0.1, 0.15) is 0 Å². The first-order chi connectivity index (χ1) is 11.8. The zero-order chi connectivity index (χ0) is 17.9. The average Bonchev–Trinajstić information content (AvgIpc) is 2.94. The van der Waals surface area contributed by atoms with Gasteiger partial charge in [-0.1, -0.05) is 0 Å². The van der Waals surface area contributed by atoms with E-state index in [0.29, 0.717) is 18.9 Å². The van der Waals surface area contributed by atoms with Gasteiger partial charge in [0.2, 0.25) is 0 Å². The topological polar surface area (TPSA) is 69.6 Å².